The molecule has 2 aromatic carbocycles. The summed E-state index contributed by atoms with van der Waals surface area (Å²) >= 11 is 0. The van der Waals surface area contributed by atoms with Gasteiger partial charge in [-0.1, -0.05) is 48.5 Å². The minimum Gasteiger partial charge on any atom is -0.472 e. The van der Waals surface area contributed by atoms with Crippen LogP contribution in [0, 0.1) is 0 Å². The van der Waals surface area contributed by atoms with Crippen LogP contribution in [0.2, 0.25) is 0 Å². The number of hydrogen-bond acceptors (Lipinski definition) is 3. The van der Waals surface area contributed by atoms with Crippen molar-refractivity contribution in [2.45, 2.75) is 6.61 Å². The summed E-state index contributed by atoms with van der Waals surface area (Å²) in [5, 5.41) is 4.39. The minimum atomic E-state index is -4.26. The van der Waals surface area contributed by atoms with E-state index in [2.05, 4.69) is 5.10 Å². The first-order valence-corrected chi connectivity index (χ1v) is 9.26. The van der Waals surface area contributed by atoms with Crippen LogP contribution in [0.15, 0.2) is 72.5 Å². The summed E-state index contributed by atoms with van der Waals surface area (Å²) in [5.41, 5.74) is 2.28. The fourth-order valence-corrected chi connectivity index (χ4v) is 2.59. The highest BCUT2D eigenvalue weighted by molar-refractivity contribution is 7.55. The highest BCUT2D eigenvalue weighted by atomic mass is 31.2. The second-order valence-corrected chi connectivity index (χ2v) is 6.81. The van der Waals surface area contributed by atoms with Crippen molar-refractivity contribution in [2.75, 3.05) is 0 Å². The third-order valence-electron chi connectivity index (χ3n) is 3.38. The van der Waals surface area contributed by atoms with Crippen molar-refractivity contribution in [3.8, 4) is 11.6 Å². The van der Waals surface area contributed by atoms with Gasteiger partial charge in [-0.3, -0.25) is 4.57 Å². The largest absolute Gasteiger partial charge is 0.472 e. The molecule has 3 rings (SSSR count). The number of ether oxygens (including phenoxy) is 1. The fraction of sp³-hybridized carbons (Fsp3) is 0.0556. The molecule has 0 unspecified atom stereocenters. The molecule has 0 aliphatic rings. The zero-order valence-electron chi connectivity index (χ0n) is 13.3. The van der Waals surface area contributed by atoms with Gasteiger partial charge in [-0.05, 0) is 23.8 Å². The van der Waals surface area contributed by atoms with Gasteiger partial charge in [0, 0.05) is 11.9 Å². The summed E-state index contributed by atoms with van der Waals surface area (Å²) in [6.45, 7) is 0.355. The molecule has 0 saturated heterocycles. The Morgan fingerprint density at radius 2 is 1.68 bits per heavy atom. The Kier molecular flexibility index (Phi) is 5.14. The second-order valence-electron chi connectivity index (χ2n) is 5.33. The van der Waals surface area contributed by atoms with E-state index in [1.54, 1.807) is 10.7 Å². The molecule has 2 N–H and O–H groups in total. The van der Waals surface area contributed by atoms with Crippen molar-refractivity contribution >= 4 is 13.7 Å². The average molecular weight is 356 g/mol. The third-order valence-corrected chi connectivity index (χ3v) is 3.92. The molecule has 1 aromatic heterocycles. The number of para-hydroxylation sites is 1. The van der Waals surface area contributed by atoms with Gasteiger partial charge in [-0.25, -0.2) is 4.68 Å². The summed E-state index contributed by atoms with van der Waals surface area (Å²) in [6, 6.07) is 20.6. The quantitative estimate of drug-likeness (QED) is 0.659. The van der Waals surface area contributed by atoms with Crippen LogP contribution in [0.1, 0.15) is 11.3 Å². The van der Waals surface area contributed by atoms with E-state index in [1.807, 2.05) is 60.7 Å². The molecule has 7 heteroatoms. The van der Waals surface area contributed by atoms with Gasteiger partial charge in [0.1, 0.15) is 6.61 Å². The Morgan fingerprint density at radius 1 is 1.04 bits per heavy atom. The third kappa shape index (κ3) is 4.90. The zero-order chi connectivity index (χ0) is 17.7. The van der Waals surface area contributed by atoms with Gasteiger partial charge in [0.25, 0.3) is 0 Å². The first kappa shape index (κ1) is 17.2. The number of aromatic nitrogens is 2. The topological polar surface area (TPSA) is 84.6 Å². The molecule has 0 aliphatic heterocycles. The van der Waals surface area contributed by atoms with E-state index in [1.165, 1.54) is 6.08 Å². The van der Waals surface area contributed by atoms with Gasteiger partial charge in [0.2, 0.25) is 5.88 Å². The van der Waals surface area contributed by atoms with E-state index in [9.17, 15) is 4.57 Å². The predicted octanol–water partition coefficient (Wildman–Crippen LogP) is 3.60. The number of hydrogen-bond donors (Lipinski definition) is 2. The van der Waals surface area contributed by atoms with Crippen LogP contribution in [0.5, 0.6) is 5.88 Å². The van der Waals surface area contributed by atoms with Gasteiger partial charge in [-0.15, -0.1) is 5.10 Å². The van der Waals surface area contributed by atoms with E-state index >= 15 is 0 Å². The maximum absolute atomic E-state index is 11.1. The predicted molar refractivity (Wildman–Crippen MR) is 95.4 cm³/mol. The summed E-state index contributed by atoms with van der Waals surface area (Å²) < 4.78 is 18.4. The molecule has 0 spiro atoms. The van der Waals surface area contributed by atoms with Gasteiger partial charge in [-0.2, -0.15) is 0 Å². The van der Waals surface area contributed by atoms with Crippen molar-refractivity contribution in [2.24, 2.45) is 0 Å². The average Bonchev–Trinajstić information content (AvgIpc) is 3.03. The van der Waals surface area contributed by atoms with E-state index in [0.717, 1.165) is 17.1 Å². The van der Waals surface area contributed by atoms with Crippen molar-refractivity contribution in [3.63, 3.8) is 0 Å². The zero-order valence-corrected chi connectivity index (χ0v) is 14.2. The smallest absolute Gasteiger partial charge is 0.349 e. The summed E-state index contributed by atoms with van der Waals surface area (Å²) in [6.07, 6.45) is 1.34. The van der Waals surface area contributed by atoms with Gasteiger partial charge in [0.15, 0.2) is 0 Å². The molecule has 0 fully saturated rings. The van der Waals surface area contributed by atoms with Crippen molar-refractivity contribution in [1.29, 1.82) is 0 Å². The molecule has 1 heterocycles. The first-order chi connectivity index (χ1) is 12.0. The minimum absolute atomic E-state index is 0.355. The Balaban J connectivity index is 1.88. The molecule has 128 valence electrons. The molecule has 0 aliphatic carbocycles. The monoisotopic (exact) mass is 356 g/mol. The van der Waals surface area contributed by atoms with Crippen molar-refractivity contribution in [1.82, 2.24) is 9.78 Å². The Bertz CT molecular complexity index is 901. The van der Waals surface area contributed by atoms with Crippen LogP contribution in [0.3, 0.4) is 0 Å². The lowest BCUT2D eigenvalue weighted by molar-refractivity contribution is 0.292. The van der Waals surface area contributed by atoms with Crippen LogP contribution in [-0.2, 0) is 11.2 Å². The molecular formula is C18H17N2O4P. The highest BCUT2D eigenvalue weighted by Gasteiger charge is 2.11. The van der Waals surface area contributed by atoms with Crippen LogP contribution in [0.25, 0.3) is 11.8 Å². The van der Waals surface area contributed by atoms with Crippen molar-refractivity contribution in [3.05, 3.63) is 83.8 Å². The molecule has 25 heavy (non-hydrogen) atoms. The molecule has 0 atom stereocenters. The Labute approximate surface area is 145 Å². The van der Waals surface area contributed by atoms with E-state index in [4.69, 9.17) is 14.5 Å². The van der Waals surface area contributed by atoms with Crippen LogP contribution < -0.4 is 4.74 Å². The molecular weight excluding hydrogens is 339 g/mol. The lowest BCUT2D eigenvalue weighted by atomic mass is 10.2. The van der Waals surface area contributed by atoms with Gasteiger partial charge < -0.3 is 14.5 Å². The standard InChI is InChI=1S/C18H17N2O4P/c21-25(22,23)12-11-17-13-18(24-14-15-7-3-1-4-8-15)19-20(17)16-9-5-2-6-10-16/h1-13H,14H2,(H2,21,22,23)/b12-11+. The molecule has 3 aromatic rings. The molecule has 0 bridgehead atoms. The molecule has 0 amide bonds. The number of nitrogens with zero attached hydrogens (tertiary/aromatic N) is 2. The van der Waals surface area contributed by atoms with Gasteiger partial charge in [0.05, 0.1) is 11.4 Å². The summed E-state index contributed by atoms with van der Waals surface area (Å²) in [7, 11) is -4.26. The van der Waals surface area contributed by atoms with E-state index in [0.29, 0.717) is 18.2 Å². The van der Waals surface area contributed by atoms with Gasteiger partial charge >= 0.3 is 7.60 Å². The normalized spacial score (nSPS) is 11.8. The maximum Gasteiger partial charge on any atom is 0.349 e. The SMILES string of the molecule is O=P(O)(O)/C=C/c1cc(OCc2ccccc2)nn1-c1ccccc1. The van der Waals surface area contributed by atoms with E-state index < -0.39 is 7.60 Å². The number of benzene rings is 2. The molecule has 0 saturated carbocycles. The molecule has 0 radical (unpaired) electrons. The summed E-state index contributed by atoms with van der Waals surface area (Å²) in [4.78, 5) is 18.1. The Morgan fingerprint density at radius 3 is 2.32 bits per heavy atom. The first-order valence-electron chi connectivity index (χ1n) is 7.58. The van der Waals surface area contributed by atoms with Crippen molar-refractivity contribution < 1.29 is 19.1 Å². The lowest BCUT2D eigenvalue weighted by Gasteiger charge is -2.04. The maximum atomic E-state index is 11.1. The summed E-state index contributed by atoms with van der Waals surface area (Å²) in [5.74, 6) is 1.22. The second kappa shape index (κ2) is 7.49. The Hall–Kier alpha value is -2.66. The molecule has 6 nitrogen and oxygen atoms in total. The van der Waals surface area contributed by atoms with Crippen LogP contribution in [0.4, 0.5) is 0 Å². The van der Waals surface area contributed by atoms with Crippen LogP contribution >= 0.6 is 7.60 Å². The van der Waals surface area contributed by atoms with Crippen LogP contribution in [-0.4, -0.2) is 19.6 Å². The lowest BCUT2D eigenvalue weighted by Crippen LogP contribution is -2.00. The fourth-order valence-electron chi connectivity index (χ4n) is 2.24. The number of rotatable bonds is 6. The van der Waals surface area contributed by atoms with E-state index in [-0.39, 0.29) is 0 Å². The highest BCUT2D eigenvalue weighted by Crippen LogP contribution is 2.37.